The average Bonchev–Trinajstić information content (AvgIpc) is 2.81. The lowest BCUT2D eigenvalue weighted by molar-refractivity contribution is -0.127. The van der Waals surface area contributed by atoms with Gasteiger partial charge in [0.15, 0.2) is 0 Å². The second-order valence-corrected chi connectivity index (χ2v) is 9.53. The molecule has 1 amide bonds. The van der Waals surface area contributed by atoms with Gasteiger partial charge in [-0.15, -0.1) is 0 Å². The van der Waals surface area contributed by atoms with Crippen LogP contribution in [0.25, 0.3) is 0 Å². The Morgan fingerprint density at radius 3 is 2.53 bits per heavy atom. The zero-order valence-corrected chi connectivity index (χ0v) is 22.0. The summed E-state index contributed by atoms with van der Waals surface area (Å²) < 4.78 is 3.21. The molecule has 2 aromatic rings. The topological polar surface area (TPSA) is 106 Å². The number of rotatable bonds is 7. The third-order valence-electron chi connectivity index (χ3n) is 5.67. The van der Waals surface area contributed by atoms with Crippen molar-refractivity contribution in [3.8, 4) is 11.8 Å². The number of carbonyl (C=O) groups excluding carboxylic acids is 1. The second kappa shape index (κ2) is 11.4. The van der Waals surface area contributed by atoms with Gasteiger partial charge in [0.25, 0.3) is 5.56 Å². The molecule has 9 heteroatoms. The monoisotopic (exact) mass is 530 g/mol. The first-order valence-electron chi connectivity index (χ1n) is 10.9. The van der Waals surface area contributed by atoms with Crippen LogP contribution in [0.3, 0.4) is 0 Å². The molecule has 182 valence electrons. The van der Waals surface area contributed by atoms with Gasteiger partial charge in [-0.3, -0.25) is 18.7 Å². The van der Waals surface area contributed by atoms with Gasteiger partial charge in [-0.25, -0.2) is 9.79 Å². The van der Waals surface area contributed by atoms with E-state index < -0.39 is 22.7 Å². The van der Waals surface area contributed by atoms with Gasteiger partial charge < -0.3 is 10.4 Å². The Bertz CT molecular complexity index is 1240. The molecule has 0 radical (unpaired) electrons. The number of aromatic nitrogens is 2. The molecule has 1 heterocycles. The lowest BCUT2D eigenvalue weighted by Crippen LogP contribution is -2.47. The number of nitrogens with one attached hydrogen (secondary N) is 1. The van der Waals surface area contributed by atoms with Crippen molar-refractivity contribution in [1.82, 2.24) is 14.5 Å². The molecular weight excluding hydrogens is 500 g/mol. The van der Waals surface area contributed by atoms with Crippen LogP contribution in [-0.4, -0.2) is 38.5 Å². The van der Waals surface area contributed by atoms with E-state index in [0.717, 1.165) is 14.6 Å². The van der Waals surface area contributed by atoms with Gasteiger partial charge in [0.05, 0.1) is 23.6 Å². The minimum Gasteiger partial charge on any atom is -0.394 e. The maximum atomic E-state index is 13.1. The number of aliphatic imine (C=N–C) groups is 1. The predicted octanol–water partition coefficient (Wildman–Crippen LogP) is 2.39. The minimum absolute atomic E-state index is 0.148. The summed E-state index contributed by atoms with van der Waals surface area (Å²) in [5.41, 5.74) is -0.725. The summed E-state index contributed by atoms with van der Waals surface area (Å²) in [6.07, 6.45) is 0.973. The van der Waals surface area contributed by atoms with Crippen molar-refractivity contribution in [1.29, 1.82) is 0 Å². The van der Waals surface area contributed by atoms with Crippen molar-refractivity contribution in [3.05, 3.63) is 60.7 Å². The number of aliphatic hydroxyl groups is 1. The van der Waals surface area contributed by atoms with Crippen molar-refractivity contribution >= 4 is 33.4 Å². The van der Waals surface area contributed by atoms with Crippen molar-refractivity contribution in [2.45, 2.75) is 46.6 Å². The van der Waals surface area contributed by atoms with Crippen molar-refractivity contribution in [2.24, 2.45) is 24.5 Å². The van der Waals surface area contributed by atoms with Gasteiger partial charge in [0.2, 0.25) is 5.91 Å². The van der Waals surface area contributed by atoms with Crippen molar-refractivity contribution in [2.75, 3.05) is 6.61 Å². The quantitative estimate of drug-likeness (QED) is 0.423. The first-order chi connectivity index (χ1) is 15.9. The number of hydrogen-bond donors (Lipinski definition) is 2. The van der Waals surface area contributed by atoms with Crippen LogP contribution in [0.2, 0.25) is 0 Å². The summed E-state index contributed by atoms with van der Waals surface area (Å²) >= 11 is 3.44. The number of benzene rings is 1. The lowest BCUT2D eigenvalue weighted by atomic mass is 9.85. The van der Waals surface area contributed by atoms with Gasteiger partial charge in [-0.2, -0.15) is 0 Å². The molecule has 0 aliphatic carbocycles. The maximum absolute atomic E-state index is 13.1. The van der Waals surface area contributed by atoms with E-state index in [9.17, 15) is 19.5 Å². The molecule has 0 spiro atoms. The number of halogens is 1. The Labute approximate surface area is 207 Å². The zero-order valence-electron chi connectivity index (χ0n) is 20.4. The van der Waals surface area contributed by atoms with E-state index in [-0.39, 0.29) is 29.6 Å². The Balaban J connectivity index is 2.63. The number of hydrogen-bond acceptors (Lipinski definition) is 5. The van der Waals surface area contributed by atoms with Crippen LogP contribution in [0, 0.1) is 24.2 Å². The fourth-order valence-corrected chi connectivity index (χ4v) is 3.66. The number of aliphatic hydroxyl groups excluding tert-OH is 1. The fraction of sp³-hybridized carbons (Fsp3) is 0.440. The predicted molar refractivity (Wildman–Crippen MR) is 137 cm³/mol. The zero-order chi connectivity index (χ0) is 25.6. The van der Waals surface area contributed by atoms with Crippen LogP contribution in [0.15, 0.2) is 43.3 Å². The van der Waals surface area contributed by atoms with Gasteiger partial charge in [-0.05, 0) is 50.8 Å². The lowest BCUT2D eigenvalue weighted by Gasteiger charge is -2.26. The average molecular weight is 531 g/mol. The summed E-state index contributed by atoms with van der Waals surface area (Å²) in [5, 5.41) is 12.3. The summed E-state index contributed by atoms with van der Waals surface area (Å²) in [6, 6.07) is 7.31. The molecule has 2 rings (SSSR count). The Morgan fingerprint density at radius 1 is 1.26 bits per heavy atom. The molecule has 1 atom stereocenters. The number of amides is 1. The molecule has 0 saturated carbocycles. The smallest absolute Gasteiger partial charge is 0.332 e. The van der Waals surface area contributed by atoms with Gasteiger partial charge in [-0.1, -0.05) is 40.9 Å². The highest BCUT2D eigenvalue weighted by Crippen LogP contribution is 2.23. The molecule has 34 heavy (non-hydrogen) atoms. The third kappa shape index (κ3) is 6.13. The second-order valence-electron chi connectivity index (χ2n) is 8.61. The van der Waals surface area contributed by atoms with Crippen LogP contribution in [-0.2, 0) is 25.3 Å². The molecule has 1 unspecified atom stereocenters. The Hall–Kier alpha value is -2.96. The standard InChI is InChI=1S/C25H31BrN4O4/c1-7-19(15-31)27-23(33)25(3,4)20(13-9-11-17-10-8-12-18(26)14-17)28-21-16(2)22(32)30(6)24(34)29(21)5/h8,10,12,14,19,31H,7,11,15H2,1-6H3,(H,27,33). The van der Waals surface area contributed by atoms with Crippen LogP contribution < -0.4 is 16.6 Å². The maximum Gasteiger partial charge on any atom is 0.332 e. The SMILES string of the molecule is CCC(CO)NC(=O)C(C)(C)C(C#CCc1cccc(Br)c1)=Nc1c(C)c(=O)n(C)c(=O)n1C. The highest BCUT2D eigenvalue weighted by molar-refractivity contribution is 9.10. The summed E-state index contributed by atoms with van der Waals surface area (Å²) in [7, 11) is 2.92. The molecule has 0 bridgehead atoms. The van der Waals surface area contributed by atoms with Crippen LogP contribution in [0.4, 0.5) is 5.82 Å². The van der Waals surface area contributed by atoms with E-state index >= 15 is 0 Å². The highest BCUT2D eigenvalue weighted by Gasteiger charge is 2.34. The van der Waals surface area contributed by atoms with E-state index in [1.165, 1.54) is 18.7 Å². The molecule has 2 N–H and O–H groups in total. The van der Waals surface area contributed by atoms with Crippen LogP contribution >= 0.6 is 15.9 Å². The molecule has 8 nitrogen and oxygen atoms in total. The highest BCUT2D eigenvalue weighted by atomic mass is 79.9. The molecule has 0 fully saturated rings. The van der Waals surface area contributed by atoms with Gasteiger partial charge >= 0.3 is 5.69 Å². The minimum atomic E-state index is -1.20. The van der Waals surface area contributed by atoms with Crippen molar-refractivity contribution < 1.29 is 9.90 Å². The molecule has 0 saturated heterocycles. The summed E-state index contributed by atoms with van der Waals surface area (Å²) in [6.45, 7) is 6.60. The van der Waals surface area contributed by atoms with Crippen LogP contribution in [0.5, 0.6) is 0 Å². The van der Waals surface area contributed by atoms with Gasteiger partial charge in [0, 0.05) is 25.0 Å². The van der Waals surface area contributed by atoms with E-state index in [2.05, 4.69) is 38.1 Å². The van der Waals surface area contributed by atoms with Crippen molar-refractivity contribution in [3.63, 3.8) is 0 Å². The molecule has 1 aromatic carbocycles. The Morgan fingerprint density at radius 2 is 1.94 bits per heavy atom. The normalized spacial score (nSPS) is 12.6. The van der Waals surface area contributed by atoms with Gasteiger partial charge in [0.1, 0.15) is 11.5 Å². The first kappa shape index (κ1) is 27.3. The number of nitrogens with zero attached hydrogens (tertiary/aromatic N) is 3. The molecule has 0 aliphatic rings. The Kier molecular flexibility index (Phi) is 9.19. The largest absolute Gasteiger partial charge is 0.394 e. The first-order valence-corrected chi connectivity index (χ1v) is 11.7. The van der Waals surface area contributed by atoms with E-state index in [4.69, 9.17) is 0 Å². The van der Waals surface area contributed by atoms with E-state index in [0.29, 0.717) is 12.8 Å². The number of carbonyl (C=O) groups is 1. The summed E-state index contributed by atoms with van der Waals surface area (Å²) in [5.74, 6) is 5.86. The van der Waals surface area contributed by atoms with Crippen LogP contribution in [0.1, 0.15) is 38.3 Å². The molecule has 1 aromatic heterocycles. The fourth-order valence-electron chi connectivity index (χ4n) is 3.22. The van der Waals surface area contributed by atoms with E-state index in [1.54, 1.807) is 20.8 Å². The molecular formula is C25H31BrN4O4. The molecule has 0 aliphatic heterocycles. The van der Waals surface area contributed by atoms with E-state index in [1.807, 2.05) is 31.2 Å². The summed E-state index contributed by atoms with van der Waals surface area (Å²) in [4.78, 5) is 42.7. The third-order valence-corrected chi connectivity index (χ3v) is 6.16.